The highest BCUT2D eigenvalue weighted by atomic mass is 127. The van der Waals surface area contributed by atoms with Crippen LogP contribution in [0.5, 0.6) is 0 Å². The Morgan fingerprint density at radius 1 is 0.969 bits per heavy atom. The van der Waals surface area contributed by atoms with Crippen molar-refractivity contribution in [2.75, 3.05) is 37.6 Å². The normalized spacial score (nSPS) is 15.9. The molecule has 0 radical (unpaired) electrons. The van der Waals surface area contributed by atoms with Crippen LogP contribution in [0.1, 0.15) is 36.5 Å². The number of rotatable bonds is 7. The van der Waals surface area contributed by atoms with E-state index in [4.69, 9.17) is 0 Å². The predicted octanol–water partition coefficient (Wildman–Crippen LogP) is 3.54. The van der Waals surface area contributed by atoms with Gasteiger partial charge in [0.05, 0.1) is 13.1 Å². The molecule has 0 bridgehead atoms. The first-order valence-electron chi connectivity index (χ1n) is 11.4. The second-order valence-corrected chi connectivity index (χ2v) is 8.27. The number of likely N-dealkylation sites (tertiary alicyclic amines) is 1. The Bertz CT molecular complexity index is 909. The minimum Gasteiger partial charge on any atom is -0.357 e. The van der Waals surface area contributed by atoms with E-state index in [-0.39, 0.29) is 36.4 Å². The van der Waals surface area contributed by atoms with Crippen LogP contribution in [-0.4, -0.2) is 49.5 Å². The summed E-state index contributed by atoms with van der Waals surface area (Å²) in [5.74, 6) is 0.742. The average molecular weight is 547 g/mol. The van der Waals surface area contributed by atoms with Gasteiger partial charge >= 0.3 is 0 Å². The maximum atomic E-state index is 12.7. The summed E-state index contributed by atoms with van der Waals surface area (Å²) in [6.45, 7) is 7.81. The number of carbonyl (C=O) groups excluding carboxylic acids is 1. The van der Waals surface area contributed by atoms with Gasteiger partial charge in [-0.15, -0.1) is 24.0 Å². The molecule has 2 aromatic carbocycles. The van der Waals surface area contributed by atoms with Crippen molar-refractivity contribution in [3.63, 3.8) is 0 Å². The van der Waals surface area contributed by atoms with Gasteiger partial charge in [0.25, 0.3) is 0 Å². The number of hydrogen-bond donors (Lipinski definition) is 2. The van der Waals surface area contributed by atoms with E-state index in [9.17, 15) is 4.79 Å². The zero-order chi connectivity index (χ0) is 21.5. The Balaban J connectivity index is 0.00000289. The third-order valence-electron chi connectivity index (χ3n) is 5.99. The summed E-state index contributed by atoms with van der Waals surface area (Å²) >= 11 is 0. The van der Waals surface area contributed by atoms with Gasteiger partial charge in [-0.3, -0.25) is 9.69 Å². The largest absolute Gasteiger partial charge is 0.357 e. The van der Waals surface area contributed by atoms with Crippen LogP contribution in [0, 0.1) is 0 Å². The number of nitrogens with zero attached hydrogens (tertiary/aromatic N) is 3. The van der Waals surface area contributed by atoms with E-state index >= 15 is 0 Å². The molecule has 0 saturated carbocycles. The van der Waals surface area contributed by atoms with E-state index in [0.717, 1.165) is 31.7 Å². The molecule has 2 aliphatic heterocycles. The van der Waals surface area contributed by atoms with Gasteiger partial charge < -0.3 is 15.5 Å². The summed E-state index contributed by atoms with van der Waals surface area (Å²) in [7, 11) is 0. The summed E-state index contributed by atoms with van der Waals surface area (Å²) < 4.78 is 0. The smallest absolute Gasteiger partial charge is 0.246 e. The van der Waals surface area contributed by atoms with Crippen LogP contribution in [-0.2, 0) is 24.3 Å². The number of carbonyl (C=O) groups is 1. The van der Waals surface area contributed by atoms with Crippen molar-refractivity contribution in [1.29, 1.82) is 0 Å². The lowest BCUT2D eigenvalue weighted by Gasteiger charge is -2.19. The second-order valence-electron chi connectivity index (χ2n) is 8.27. The van der Waals surface area contributed by atoms with E-state index in [1.807, 2.05) is 30.0 Å². The minimum atomic E-state index is 0. The van der Waals surface area contributed by atoms with Gasteiger partial charge in [-0.25, -0.2) is 4.99 Å². The zero-order valence-electron chi connectivity index (χ0n) is 18.8. The lowest BCUT2D eigenvalue weighted by atomic mass is 10.1. The van der Waals surface area contributed by atoms with E-state index in [0.29, 0.717) is 12.5 Å². The van der Waals surface area contributed by atoms with Crippen molar-refractivity contribution in [2.45, 2.75) is 39.3 Å². The van der Waals surface area contributed by atoms with E-state index in [2.05, 4.69) is 50.9 Å². The van der Waals surface area contributed by atoms with Crippen LogP contribution in [0.2, 0.25) is 0 Å². The molecule has 1 saturated heterocycles. The maximum absolute atomic E-state index is 12.7. The Labute approximate surface area is 208 Å². The molecule has 0 aliphatic carbocycles. The van der Waals surface area contributed by atoms with Crippen molar-refractivity contribution in [1.82, 2.24) is 15.5 Å². The first kappa shape index (κ1) is 24.5. The Morgan fingerprint density at radius 3 is 2.44 bits per heavy atom. The maximum Gasteiger partial charge on any atom is 0.246 e. The number of benzene rings is 2. The third-order valence-corrected chi connectivity index (χ3v) is 5.99. The molecule has 6 nitrogen and oxygen atoms in total. The molecular formula is C25H34IN5O. The van der Waals surface area contributed by atoms with Crippen LogP contribution < -0.4 is 15.5 Å². The fourth-order valence-corrected chi connectivity index (χ4v) is 4.31. The minimum absolute atomic E-state index is 0. The molecule has 0 spiro atoms. The lowest BCUT2D eigenvalue weighted by Crippen LogP contribution is -2.44. The number of nitrogens with one attached hydrogen (secondary N) is 2. The average Bonchev–Trinajstić information content (AvgIpc) is 3.46. The Morgan fingerprint density at radius 2 is 1.69 bits per heavy atom. The molecule has 0 unspecified atom stereocenters. The lowest BCUT2D eigenvalue weighted by molar-refractivity contribution is -0.117. The molecule has 0 aromatic heterocycles. The summed E-state index contributed by atoms with van der Waals surface area (Å²) in [6.07, 6.45) is 3.56. The van der Waals surface area contributed by atoms with Crippen LogP contribution >= 0.6 is 24.0 Å². The van der Waals surface area contributed by atoms with Gasteiger partial charge in [-0.05, 0) is 62.0 Å². The molecule has 2 aliphatic rings. The van der Waals surface area contributed by atoms with Crippen LogP contribution in [0.4, 0.5) is 5.69 Å². The van der Waals surface area contributed by atoms with E-state index in [1.54, 1.807) is 0 Å². The molecule has 1 amide bonds. The molecule has 32 heavy (non-hydrogen) atoms. The van der Waals surface area contributed by atoms with Gasteiger partial charge in [0.15, 0.2) is 5.96 Å². The van der Waals surface area contributed by atoms with E-state index in [1.165, 1.54) is 42.6 Å². The summed E-state index contributed by atoms with van der Waals surface area (Å²) in [4.78, 5) is 21.8. The number of para-hydroxylation sites is 1. The highest BCUT2D eigenvalue weighted by Crippen LogP contribution is 2.27. The molecule has 4 rings (SSSR count). The van der Waals surface area contributed by atoms with Crippen molar-refractivity contribution < 1.29 is 4.79 Å². The SMILES string of the molecule is CCNC(=NCc1ccc(CN2CCCC2)cc1)NCC(=O)N1CCc2ccccc21.I. The second kappa shape index (κ2) is 12.2. The highest BCUT2D eigenvalue weighted by molar-refractivity contribution is 14.0. The zero-order valence-corrected chi connectivity index (χ0v) is 21.2. The van der Waals surface area contributed by atoms with Gasteiger partial charge in [0.1, 0.15) is 0 Å². The van der Waals surface area contributed by atoms with E-state index < -0.39 is 0 Å². The van der Waals surface area contributed by atoms with Gasteiger partial charge in [-0.1, -0.05) is 42.5 Å². The van der Waals surface area contributed by atoms with Gasteiger partial charge in [0, 0.05) is 25.3 Å². The van der Waals surface area contributed by atoms with Crippen LogP contribution in [0.25, 0.3) is 0 Å². The fraction of sp³-hybridized carbons (Fsp3) is 0.440. The monoisotopic (exact) mass is 547 g/mol. The quantitative estimate of drug-likeness (QED) is 0.317. The topological polar surface area (TPSA) is 60.0 Å². The molecule has 2 aromatic rings. The summed E-state index contributed by atoms with van der Waals surface area (Å²) in [5.41, 5.74) is 4.80. The highest BCUT2D eigenvalue weighted by Gasteiger charge is 2.23. The van der Waals surface area contributed by atoms with Crippen molar-refractivity contribution in [3.05, 3.63) is 65.2 Å². The van der Waals surface area contributed by atoms with Crippen molar-refractivity contribution >= 4 is 41.5 Å². The summed E-state index contributed by atoms with van der Waals surface area (Å²) in [5, 5.41) is 6.44. The van der Waals surface area contributed by atoms with Crippen LogP contribution in [0.3, 0.4) is 0 Å². The number of amides is 1. The number of guanidine groups is 1. The Hall–Kier alpha value is -2.13. The van der Waals surface area contributed by atoms with Crippen molar-refractivity contribution in [2.24, 2.45) is 4.99 Å². The number of halogens is 1. The molecule has 2 N–H and O–H groups in total. The number of aliphatic imine (C=N–C) groups is 1. The van der Waals surface area contributed by atoms with Crippen LogP contribution in [0.15, 0.2) is 53.5 Å². The first-order chi connectivity index (χ1) is 15.2. The molecule has 172 valence electrons. The number of fused-ring (bicyclic) bond motifs is 1. The predicted molar refractivity (Wildman–Crippen MR) is 142 cm³/mol. The molecule has 2 heterocycles. The number of anilines is 1. The standard InChI is InChI=1S/C25H33N5O.HI/c1-2-26-25(28-18-24(31)30-16-13-22-7-3-4-8-23(22)30)27-17-20-9-11-21(12-10-20)19-29-14-5-6-15-29;/h3-4,7-12H,2,5-6,13-19H2,1H3,(H2,26,27,28);1H. The van der Waals surface area contributed by atoms with Crippen molar-refractivity contribution in [3.8, 4) is 0 Å². The Kier molecular flexibility index (Phi) is 9.35. The third kappa shape index (κ3) is 6.45. The first-order valence-corrected chi connectivity index (χ1v) is 11.4. The van der Waals surface area contributed by atoms with Gasteiger partial charge in [-0.2, -0.15) is 0 Å². The summed E-state index contributed by atoms with van der Waals surface area (Å²) in [6, 6.07) is 16.9. The molecular weight excluding hydrogens is 513 g/mol. The fourth-order valence-electron chi connectivity index (χ4n) is 4.31. The molecule has 7 heteroatoms. The molecule has 0 atom stereocenters. The number of hydrogen-bond acceptors (Lipinski definition) is 3. The van der Waals surface area contributed by atoms with Gasteiger partial charge in [0.2, 0.25) is 5.91 Å². The molecule has 1 fully saturated rings.